The summed E-state index contributed by atoms with van der Waals surface area (Å²) >= 11 is 9.62. The minimum atomic E-state index is -0.368. The van der Waals surface area contributed by atoms with Crippen LogP contribution in [-0.2, 0) is 13.2 Å². The second-order valence-corrected chi connectivity index (χ2v) is 7.07. The van der Waals surface area contributed by atoms with Crippen molar-refractivity contribution in [2.75, 3.05) is 7.11 Å². The van der Waals surface area contributed by atoms with Crippen LogP contribution in [0.4, 0.5) is 4.39 Å². The molecule has 0 fully saturated rings. The molecule has 1 N–H and O–H groups in total. The Morgan fingerprint density at radius 3 is 2.60 bits per heavy atom. The van der Waals surface area contributed by atoms with Crippen LogP contribution in [0.1, 0.15) is 31.4 Å². The van der Waals surface area contributed by atoms with Gasteiger partial charge < -0.3 is 14.8 Å². The summed E-state index contributed by atoms with van der Waals surface area (Å²) in [7, 11) is 1.60. The van der Waals surface area contributed by atoms with E-state index >= 15 is 0 Å². The van der Waals surface area contributed by atoms with Crippen LogP contribution in [0.15, 0.2) is 34.8 Å². The van der Waals surface area contributed by atoms with Crippen molar-refractivity contribution in [1.29, 1.82) is 0 Å². The van der Waals surface area contributed by atoms with Crippen molar-refractivity contribution in [2.45, 2.75) is 39.5 Å². The molecule has 0 aliphatic carbocycles. The maximum absolute atomic E-state index is 13.1. The van der Waals surface area contributed by atoms with Crippen LogP contribution in [0.2, 0.25) is 5.02 Å². The van der Waals surface area contributed by atoms with Crippen molar-refractivity contribution in [1.82, 2.24) is 5.32 Å². The van der Waals surface area contributed by atoms with Gasteiger partial charge in [-0.25, -0.2) is 4.39 Å². The predicted octanol–water partition coefficient (Wildman–Crippen LogP) is 5.72. The topological polar surface area (TPSA) is 30.5 Å². The molecule has 0 amide bonds. The van der Waals surface area contributed by atoms with Crippen molar-refractivity contribution in [3.05, 3.63) is 56.8 Å². The van der Waals surface area contributed by atoms with E-state index < -0.39 is 0 Å². The average molecular weight is 431 g/mol. The van der Waals surface area contributed by atoms with E-state index in [0.717, 1.165) is 23.0 Å². The molecule has 6 heteroatoms. The first-order valence-electron chi connectivity index (χ1n) is 8.11. The number of halogens is 3. The summed E-state index contributed by atoms with van der Waals surface area (Å²) in [4.78, 5) is 0. The highest BCUT2D eigenvalue weighted by molar-refractivity contribution is 9.10. The Morgan fingerprint density at radius 1 is 1.20 bits per heavy atom. The number of benzene rings is 2. The molecule has 0 bridgehead atoms. The zero-order valence-corrected chi connectivity index (χ0v) is 16.9. The third kappa shape index (κ3) is 5.59. The number of methoxy groups -OCH3 is 1. The van der Waals surface area contributed by atoms with Gasteiger partial charge in [-0.15, -0.1) is 0 Å². The van der Waals surface area contributed by atoms with Crippen LogP contribution < -0.4 is 14.8 Å². The summed E-state index contributed by atoms with van der Waals surface area (Å²) in [6.45, 7) is 5.25. The molecule has 0 heterocycles. The molecule has 2 aromatic rings. The fourth-order valence-electron chi connectivity index (χ4n) is 2.21. The molecule has 2 rings (SSSR count). The van der Waals surface area contributed by atoms with Crippen LogP contribution in [0.3, 0.4) is 0 Å². The smallest absolute Gasteiger partial charge is 0.162 e. The lowest BCUT2D eigenvalue weighted by Crippen LogP contribution is -2.24. The van der Waals surface area contributed by atoms with Crippen molar-refractivity contribution in [3.63, 3.8) is 0 Å². The van der Waals surface area contributed by atoms with E-state index in [9.17, 15) is 4.39 Å². The van der Waals surface area contributed by atoms with Crippen molar-refractivity contribution in [3.8, 4) is 11.5 Å². The monoisotopic (exact) mass is 429 g/mol. The Labute approximate surface area is 161 Å². The van der Waals surface area contributed by atoms with Gasteiger partial charge in [0.2, 0.25) is 0 Å². The molecule has 25 heavy (non-hydrogen) atoms. The lowest BCUT2D eigenvalue weighted by atomic mass is 10.1. The van der Waals surface area contributed by atoms with Crippen molar-refractivity contribution < 1.29 is 13.9 Å². The Kier molecular flexibility index (Phi) is 7.54. The van der Waals surface area contributed by atoms with Crippen LogP contribution in [0, 0.1) is 5.82 Å². The number of hydrogen-bond acceptors (Lipinski definition) is 3. The molecule has 1 unspecified atom stereocenters. The lowest BCUT2D eigenvalue weighted by molar-refractivity contribution is 0.284. The normalized spacial score (nSPS) is 12.1. The van der Waals surface area contributed by atoms with E-state index in [1.165, 1.54) is 12.1 Å². The quantitative estimate of drug-likeness (QED) is 0.581. The molecule has 136 valence electrons. The Hall–Kier alpha value is -1.30. The number of hydrogen-bond donors (Lipinski definition) is 1. The van der Waals surface area contributed by atoms with Gasteiger partial charge in [0, 0.05) is 22.6 Å². The minimum absolute atomic E-state index is 0.229. The van der Waals surface area contributed by atoms with Crippen LogP contribution >= 0.6 is 27.5 Å². The lowest BCUT2D eigenvalue weighted by Gasteiger charge is -2.16. The zero-order chi connectivity index (χ0) is 18.4. The first kappa shape index (κ1) is 20.0. The first-order valence-corrected chi connectivity index (χ1v) is 9.28. The van der Waals surface area contributed by atoms with Gasteiger partial charge in [-0.3, -0.25) is 0 Å². The third-order valence-corrected chi connectivity index (χ3v) is 5.07. The standard InChI is InChI=1S/C19H22BrClFNO2/c1-4-12(2)23-10-14-7-18(24-3)19(9-16(14)20)25-11-13-5-6-15(22)8-17(13)21/h5-9,12,23H,4,10-11H2,1-3H3. The largest absolute Gasteiger partial charge is 0.493 e. The molecule has 3 nitrogen and oxygen atoms in total. The molecule has 0 saturated carbocycles. The van der Waals surface area contributed by atoms with E-state index in [-0.39, 0.29) is 12.4 Å². The molecule has 0 spiro atoms. The first-order chi connectivity index (χ1) is 11.9. The summed E-state index contributed by atoms with van der Waals surface area (Å²) in [5, 5.41) is 3.79. The number of nitrogens with one attached hydrogen (secondary N) is 1. The molecule has 0 aliphatic heterocycles. The van der Waals surface area contributed by atoms with Gasteiger partial charge in [-0.1, -0.05) is 40.5 Å². The van der Waals surface area contributed by atoms with Gasteiger partial charge in [0.25, 0.3) is 0 Å². The predicted molar refractivity (Wildman–Crippen MR) is 103 cm³/mol. The SMILES string of the molecule is CCC(C)NCc1cc(OC)c(OCc2ccc(F)cc2Cl)cc1Br. The van der Waals surface area contributed by atoms with Gasteiger partial charge in [0.05, 0.1) is 12.1 Å². The summed E-state index contributed by atoms with van der Waals surface area (Å²) in [5.41, 5.74) is 1.80. The maximum Gasteiger partial charge on any atom is 0.162 e. The zero-order valence-electron chi connectivity index (χ0n) is 14.5. The molecule has 0 aromatic heterocycles. The van der Waals surface area contributed by atoms with Gasteiger partial charge in [-0.2, -0.15) is 0 Å². The second kappa shape index (κ2) is 9.41. The van der Waals surface area contributed by atoms with Gasteiger partial charge in [0.1, 0.15) is 12.4 Å². The van der Waals surface area contributed by atoms with E-state index in [2.05, 4.69) is 35.1 Å². The fourth-order valence-corrected chi connectivity index (χ4v) is 2.89. The van der Waals surface area contributed by atoms with E-state index in [0.29, 0.717) is 28.1 Å². The molecule has 0 saturated heterocycles. The highest BCUT2D eigenvalue weighted by Gasteiger charge is 2.12. The van der Waals surface area contributed by atoms with Gasteiger partial charge in [-0.05, 0) is 43.2 Å². The summed E-state index contributed by atoms with van der Waals surface area (Å²) in [5.74, 6) is 0.872. The highest BCUT2D eigenvalue weighted by atomic mass is 79.9. The minimum Gasteiger partial charge on any atom is -0.493 e. The Morgan fingerprint density at radius 2 is 1.96 bits per heavy atom. The summed E-state index contributed by atoms with van der Waals surface area (Å²) < 4.78 is 25.3. The highest BCUT2D eigenvalue weighted by Crippen LogP contribution is 2.34. The third-order valence-electron chi connectivity index (χ3n) is 3.98. The van der Waals surface area contributed by atoms with Gasteiger partial charge in [0.15, 0.2) is 11.5 Å². The van der Waals surface area contributed by atoms with E-state index in [1.807, 2.05) is 12.1 Å². The summed E-state index contributed by atoms with van der Waals surface area (Å²) in [6, 6.07) is 8.52. The maximum atomic E-state index is 13.1. The number of rotatable bonds is 8. The average Bonchev–Trinajstić information content (AvgIpc) is 2.59. The van der Waals surface area contributed by atoms with Crippen LogP contribution in [0.5, 0.6) is 11.5 Å². The Bertz CT molecular complexity index is 727. The van der Waals surface area contributed by atoms with Gasteiger partial charge >= 0.3 is 0 Å². The fraction of sp³-hybridized carbons (Fsp3) is 0.368. The number of ether oxygens (including phenoxy) is 2. The van der Waals surface area contributed by atoms with Crippen molar-refractivity contribution in [2.24, 2.45) is 0 Å². The van der Waals surface area contributed by atoms with Crippen molar-refractivity contribution >= 4 is 27.5 Å². The summed E-state index contributed by atoms with van der Waals surface area (Å²) in [6.07, 6.45) is 1.06. The van der Waals surface area contributed by atoms with Crippen LogP contribution in [0.25, 0.3) is 0 Å². The van der Waals surface area contributed by atoms with E-state index in [4.69, 9.17) is 21.1 Å². The molecule has 2 aromatic carbocycles. The molecular weight excluding hydrogens is 409 g/mol. The van der Waals surface area contributed by atoms with E-state index in [1.54, 1.807) is 13.2 Å². The molecular formula is C19H22BrClFNO2. The van der Waals surface area contributed by atoms with Crippen LogP contribution in [-0.4, -0.2) is 13.2 Å². The molecule has 0 aliphatic rings. The second-order valence-electron chi connectivity index (χ2n) is 5.81. The molecule has 1 atom stereocenters. The molecule has 0 radical (unpaired) electrons. The Balaban J connectivity index is 2.13.